The molecule has 1 aliphatic heterocycles. The highest BCUT2D eigenvalue weighted by molar-refractivity contribution is 7.92. The fraction of sp³-hybridized carbons (Fsp3) is 0.476. The minimum Gasteiger partial charge on any atom is -0.372 e. The summed E-state index contributed by atoms with van der Waals surface area (Å²) in [5.74, 6) is 5.06. The fourth-order valence-corrected chi connectivity index (χ4v) is 3.96. The lowest BCUT2D eigenvalue weighted by molar-refractivity contribution is -0.131. The predicted octanol–water partition coefficient (Wildman–Crippen LogP) is 1.47. The van der Waals surface area contributed by atoms with Crippen LogP contribution >= 0.6 is 0 Å². The van der Waals surface area contributed by atoms with E-state index in [1.807, 2.05) is 24.3 Å². The second-order valence-electron chi connectivity index (χ2n) is 7.29. The number of rotatable bonds is 7. The van der Waals surface area contributed by atoms with Crippen molar-refractivity contribution in [2.75, 3.05) is 39.6 Å². The van der Waals surface area contributed by atoms with Crippen LogP contribution in [0.3, 0.4) is 0 Å². The molecule has 0 fully saturated rings. The summed E-state index contributed by atoms with van der Waals surface area (Å²) in [5, 5.41) is 8.91. The SMILES string of the molecule is COCC#Cc1ccc(C2=CCN(CCC(C)(C(=O)NO)S(C)(=O)=O)CC2)cc1. The van der Waals surface area contributed by atoms with Gasteiger partial charge < -0.3 is 4.74 Å². The van der Waals surface area contributed by atoms with Crippen molar-refractivity contribution in [3.05, 3.63) is 41.5 Å². The molecule has 8 heteroatoms. The van der Waals surface area contributed by atoms with Crippen molar-refractivity contribution in [3.8, 4) is 11.8 Å². The average Bonchev–Trinajstić information content (AvgIpc) is 2.71. The average molecular weight is 421 g/mol. The first kappa shape index (κ1) is 23.1. The van der Waals surface area contributed by atoms with E-state index in [2.05, 4.69) is 22.8 Å². The molecule has 1 heterocycles. The summed E-state index contributed by atoms with van der Waals surface area (Å²) in [6.07, 6.45) is 4.07. The third kappa shape index (κ3) is 5.90. The Bertz CT molecular complexity index is 913. The van der Waals surface area contributed by atoms with Gasteiger partial charge in [-0.2, -0.15) is 0 Å². The number of hydrogen-bond acceptors (Lipinski definition) is 6. The summed E-state index contributed by atoms with van der Waals surface area (Å²) in [7, 11) is -2.07. The molecule has 1 aliphatic rings. The van der Waals surface area contributed by atoms with E-state index in [9.17, 15) is 13.2 Å². The Balaban J connectivity index is 1.99. The number of carbonyl (C=O) groups is 1. The normalized spacial score (nSPS) is 16.9. The van der Waals surface area contributed by atoms with Crippen LogP contribution in [-0.4, -0.2) is 68.8 Å². The van der Waals surface area contributed by atoms with Crippen LogP contribution in [0.2, 0.25) is 0 Å². The molecule has 2 rings (SSSR count). The summed E-state index contributed by atoms with van der Waals surface area (Å²) in [5.41, 5.74) is 4.79. The quantitative estimate of drug-likeness (QED) is 0.394. The van der Waals surface area contributed by atoms with Crippen LogP contribution in [0.4, 0.5) is 0 Å². The zero-order valence-corrected chi connectivity index (χ0v) is 17.9. The van der Waals surface area contributed by atoms with Crippen LogP contribution in [0.1, 0.15) is 30.9 Å². The lowest BCUT2D eigenvalue weighted by atomic mass is 9.98. The van der Waals surface area contributed by atoms with Gasteiger partial charge >= 0.3 is 0 Å². The van der Waals surface area contributed by atoms with Gasteiger partial charge in [0.05, 0.1) is 0 Å². The number of nitrogens with zero attached hydrogens (tertiary/aromatic N) is 1. The first-order valence-corrected chi connectivity index (χ1v) is 11.2. The fourth-order valence-electron chi connectivity index (χ4n) is 3.11. The number of sulfone groups is 1. The minimum absolute atomic E-state index is 0.107. The van der Waals surface area contributed by atoms with Gasteiger partial charge in [0.2, 0.25) is 0 Å². The molecule has 0 aromatic heterocycles. The van der Waals surface area contributed by atoms with Gasteiger partial charge in [0.25, 0.3) is 5.91 Å². The smallest absolute Gasteiger partial charge is 0.264 e. The molecule has 0 spiro atoms. The maximum atomic E-state index is 12.1. The van der Waals surface area contributed by atoms with Crippen molar-refractivity contribution < 1.29 is 23.2 Å². The summed E-state index contributed by atoms with van der Waals surface area (Å²) in [6, 6.07) is 8.06. The van der Waals surface area contributed by atoms with E-state index < -0.39 is 20.5 Å². The molecular weight excluding hydrogens is 392 g/mol. The second kappa shape index (κ2) is 10.0. The summed E-state index contributed by atoms with van der Waals surface area (Å²) >= 11 is 0. The molecule has 1 atom stereocenters. The zero-order chi connectivity index (χ0) is 21.5. The molecule has 0 radical (unpaired) electrons. The number of ether oxygens (including phenoxy) is 1. The van der Waals surface area contributed by atoms with E-state index >= 15 is 0 Å². The molecule has 29 heavy (non-hydrogen) atoms. The third-order valence-electron chi connectivity index (χ3n) is 5.30. The number of hydrogen-bond donors (Lipinski definition) is 2. The Hall–Kier alpha value is -2.18. The topological polar surface area (TPSA) is 95.9 Å². The van der Waals surface area contributed by atoms with Crippen molar-refractivity contribution in [2.24, 2.45) is 0 Å². The largest absolute Gasteiger partial charge is 0.372 e. The van der Waals surface area contributed by atoms with Crippen molar-refractivity contribution >= 4 is 21.3 Å². The standard InChI is InChI=1S/C21H28N2O5S/c1-21(20(24)22-25,29(3,26)27)12-15-23-13-10-19(11-14-23)18-8-6-17(7-9-18)5-4-16-28-2/h6-10,25H,11-16H2,1-3H3,(H,22,24). The molecule has 0 saturated carbocycles. The van der Waals surface area contributed by atoms with E-state index in [4.69, 9.17) is 9.94 Å². The van der Waals surface area contributed by atoms with Gasteiger partial charge in [0.1, 0.15) is 6.61 Å². The zero-order valence-electron chi connectivity index (χ0n) is 17.1. The monoisotopic (exact) mass is 420 g/mol. The molecule has 0 bridgehead atoms. The van der Waals surface area contributed by atoms with Crippen LogP contribution in [0.15, 0.2) is 30.3 Å². The molecule has 7 nitrogen and oxygen atoms in total. The van der Waals surface area contributed by atoms with Crippen LogP contribution in [0.25, 0.3) is 5.57 Å². The molecule has 1 amide bonds. The number of benzene rings is 1. The molecule has 1 aromatic carbocycles. The summed E-state index contributed by atoms with van der Waals surface area (Å²) in [4.78, 5) is 14.0. The highest BCUT2D eigenvalue weighted by Crippen LogP contribution is 2.25. The summed E-state index contributed by atoms with van der Waals surface area (Å²) < 4.78 is 27.4. The number of nitrogens with one attached hydrogen (secondary N) is 1. The van der Waals surface area contributed by atoms with Crippen molar-refractivity contribution in [1.29, 1.82) is 0 Å². The number of carbonyl (C=O) groups excluding carboxylic acids is 1. The van der Waals surface area contributed by atoms with E-state index in [1.54, 1.807) is 7.11 Å². The van der Waals surface area contributed by atoms with Crippen LogP contribution in [-0.2, 0) is 19.4 Å². The maximum absolute atomic E-state index is 12.1. The second-order valence-corrected chi connectivity index (χ2v) is 9.73. The lowest BCUT2D eigenvalue weighted by Gasteiger charge is -2.31. The molecule has 1 aromatic rings. The third-order valence-corrected chi connectivity index (χ3v) is 7.33. The first-order valence-electron chi connectivity index (χ1n) is 9.35. The van der Waals surface area contributed by atoms with Gasteiger partial charge in [-0.25, -0.2) is 13.9 Å². The number of amides is 1. The molecule has 2 N–H and O–H groups in total. The van der Waals surface area contributed by atoms with Gasteiger partial charge in [-0.05, 0) is 43.0 Å². The van der Waals surface area contributed by atoms with Crippen LogP contribution in [0, 0.1) is 11.8 Å². The Kier molecular flexibility index (Phi) is 7.99. The minimum atomic E-state index is -3.68. The van der Waals surface area contributed by atoms with E-state index in [1.165, 1.54) is 18.0 Å². The summed E-state index contributed by atoms with van der Waals surface area (Å²) in [6.45, 7) is 3.62. The Morgan fingerprint density at radius 3 is 2.55 bits per heavy atom. The highest BCUT2D eigenvalue weighted by Gasteiger charge is 2.43. The van der Waals surface area contributed by atoms with Crippen molar-refractivity contribution in [2.45, 2.75) is 24.5 Å². The Morgan fingerprint density at radius 1 is 1.34 bits per heavy atom. The van der Waals surface area contributed by atoms with Crippen LogP contribution < -0.4 is 5.48 Å². The number of hydroxylamine groups is 1. The molecule has 0 saturated heterocycles. The van der Waals surface area contributed by atoms with Gasteiger partial charge in [-0.1, -0.05) is 30.0 Å². The lowest BCUT2D eigenvalue weighted by Crippen LogP contribution is -2.51. The Morgan fingerprint density at radius 2 is 2.03 bits per heavy atom. The number of methoxy groups -OCH3 is 1. The Labute approximate surface area is 172 Å². The molecule has 0 aliphatic carbocycles. The van der Waals surface area contributed by atoms with Crippen molar-refractivity contribution in [3.63, 3.8) is 0 Å². The van der Waals surface area contributed by atoms with Gasteiger partial charge in [0, 0.05) is 38.6 Å². The van der Waals surface area contributed by atoms with E-state index in [-0.39, 0.29) is 6.42 Å². The van der Waals surface area contributed by atoms with Crippen LogP contribution in [0.5, 0.6) is 0 Å². The first-order chi connectivity index (χ1) is 13.7. The maximum Gasteiger partial charge on any atom is 0.264 e. The van der Waals surface area contributed by atoms with E-state index in [0.29, 0.717) is 19.7 Å². The highest BCUT2D eigenvalue weighted by atomic mass is 32.2. The van der Waals surface area contributed by atoms with Gasteiger partial charge in [-0.15, -0.1) is 0 Å². The predicted molar refractivity (Wildman–Crippen MR) is 112 cm³/mol. The van der Waals surface area contributed by atoms with Crippen molar-refractivity contribution in [1.82, 2.24) is 10.4 Å². The molecular formula is C21H28N2O5S. The molecule has 1 unspecified atom stereocenters. The van der Waals surface area contributed by atoms with Gasteiger partial charge in [0.15, 0.2) is 14.6 Å². The molecule has 158 valence electrons. The van der Waals surface area contributed by atoms with E-state index in [0.717, 1.165) is 30.3 Å². The van der Waals surface area contributed by atoms with Gasteiger partial charge in [-0.3, -0.25) is 14.9 Å².